The van der Waals surface area contributed by atoms with Crippen LogP contribution in [0.4, 0.5) is 0 Å². The molecule has 1 rings (SSSR count). The van der Waals surface area contributed by atoms with Crippen molar-refractivity contribution < 1.29 is 0 Å². The van der Waals surface area contributed by atoms with Crippen LogP contribution in [0.1, 0.15) is 0 Å². The van der Waals surface area contributed by atoms with Crippen molar-refractivity contribution in [3.8, 4) is 0 Å². The molecule has 7 heavy (non-hydrogen) atoms. The summed E-state index contributed by atoms with van der Waals surface area (Å²) < 4.78 is 1.04. The first-order valence-corrected chi connectivity index (χ1v) is 2.81. The van der Waals surface area contributed by atoms with Gasteiger partial charge in [0.2, 0.25) is 0 Å². The molecule has 0 saturated heterocycles. The first-order chi connectivity index (χ1) is 3.39. The van der Waals surface area contributed by atoms with E-state index in [-0.39, 0.29) is 0 Å². The molecule has 0 saturated carbocycles. The van der Waals surface area contributed by atoms with E-state index >= 15 is 0 Å². The number of halogens is 1. The van der Waals surface area contributed by atoms with Gasteiger partial charge in [-0.2, -0.15) is 0 Å². The van der Waals surface area contributed by atoms with Crippen LogP contribution in [0.2, 0.25) is 0 Å². The second-order valence-electron chi connectivity index (χ2n) is 1.00. The van der Waals surface area contributed by atoms with Crippen LogP contribution in [0, 0.1) is 9.90 Å². The second kappa shape index (κ2) is 2.20. The van der Waals surface area contributed by atoms with E-state index in [9.17, 15) is 0 Å². The normalized spacial score (nSPS) is 8.71. The van der Waals surface area contributed by atoms with Crippen molar-refractivity contribution in [2.75, 3.05) is 0 Å². The van der Waals surface area contributed by atoms with Crippen molar-refractivity contribution in [2.24, 2.45) is 0 Å². The predicted molar refractivity (Wildman–Crippen MR) is 33.6 cm³/mol. The van der Waals surface area contributed by atoms with Gasteiger partial charge in [-0.15, -0.1) is 0 Å². The lowest BCUT2D eigenvalue weighted by Gasteiger charge is -1.78. The van der Waals surface area contributed by atoms with Crippen molar-refractivity contribution in [2.45, 2.75) is 0 Å². The smallest absolute Gasteiger partial charge is 0.197 e. The summed E-state index contributed by atoms with van der Waals surface area (Å²) in [6.07, 6.45) is 5.83. The third kappa shape index (κ3) is 1.38. The summed E-state index contributed by atoms with van der Waals surface area (Å²) >= 11 is 2.13. The van der Waals surface area contributed by atoms with Crippen molar-refractivity contribution in [1.82, 2.24) is 9.97 Å². The monoisotopic (exact) mass is 205 g/mol. The van der Waals surface area contributed by atoms with E-state index in [0.717, 1.165) is 3.57 Å². The largest absolute Gasteiger partial charge is 0.233 e. The van der Waals surface area contributed by atoms with Gasteiger partial charge in [-0.05, 0) is 22.6 Å². The van der Waals surface area contributed by atoms with Crippen molar-refractivity contribution in [3.05, 3.63) is 22.3 Å². The average molecular weight is 205 g/mol. The lowest BCUT2D eigenvalue weighted by atomic mass is 10.7. The predicted octanol–water partition coefficient (Wildman–Crippen LogP) is 0.881. The minimum Gasteiger partial charge on any atom is -0.233 e. The van der Waals surface area contributed by atoms with Gasteiger partial charge < -0.3 is 0 Å². The molecule has 0 N–H and O–H groups in total. The summed E-state index contributed by atoms with van der Waals surface area (Å²) in [7, 11) is 0. The van der Waals surface area contributed by atoms with Gasteiger partial charge in [-0.1, -0.05) is 0 Å². The van der Waals surface area contributed by atoms with Gasteiger partial charge in [0.05, 0.1) is 0 Å². The Morgan fingerprint density at radius 2 is 2.00 bits per heavy atom. The minimum absolute atomic E-state index is 1.04. The molecule has 1 radical (unpaired) electrons. The molecule has 1 aromatic rings. The third-order valence-corrected chi connectivity index (χ3v) is 1.05. The van der Waals surface area contributed by atoms with Crippen LogP contribution < -0.4 is 0 Å². The fraction of sp³-hybridized carbons (Fsp3) is 0. The molecule has 0 spiro atoms. The maximum absolute atomic E-state index is 3.64. The zero-order chi connectivity index (χ0) is 5.11. The van der Waals surface area contributed by atoms with Gasteiger partial charge in [-0.3, -0.25) is 0 Å². The van der Waals surface area contributed by atoms with Crippen molar-refractivity contribution >= 4 is 22.6 Å². The summed E-state index contributed by atoms with van der Waals surface area (Å²) in [4.78, 5) is 7.28. The zero-order valence-electron chi connectivity index (χ0n) is 3.43. The van der Waals surface area contributed by atoms with Crippen LogP contribution in [-0.4, -0.2) is 9.97 Å². The Labute approximate surface area is 55.1 Å². The molecular formula is C4H2IN2. The molecule has 0 aliphatic rings. The summed E-state index contributed by atoms with van der Waals surface area (Å²) in [6, 6.07) is 0. The number of rotatable bonds is 0. The van der Waals surface area contributed by atoms with E-state index < -0.39 is 0 Å². The molecule has 2 nitrogen and oxygen atoms in total. The highest BCUT2D eigenvalue weighted by molar-refractivity contribution is 14.1. The van der Waals surface area contributed by atoms with Crippen LogP contribution in [0.3, 0.4) is 0 Å². The van der Waals surface area contributed by atoms with E-state index in [1.165, 1.54) is 0 Å². The van der Waals surface area contributed by atoms with E-state index in [2.05, 4.69) is 38.9 Å². The molecule has 35 valence electrons. The average Bonchev–Trinajstić information content (AvgIpc) is 1.69. The highest BCUT2D eigenvalue weighted by atomic mass is 127. The molecule has 1 aromatic heterocycles. The molecule has 0 amide bonds. The Morgan fingerprint density at radius 3 is 2.29 bits per heavy atom. The highest BCUT2D eigenvalue weighted by Gasteiger charge is 1.77. The summed E-state index contributed by atoms with van der Waals surface area (Å²) in [5, 5.41) is 0. The lowest BCUT2D eigenvalue weighted by Crippen LogP contribution is -1.75. The molecule has 0 aromatic carbocycles. The Balaban J connectivity index is 3.02. The number of aromatic nitrogens is 2. The molecular weight excluding hydrogens is 203 g/mol. The van der Waals surface area contributed by atoms with Crippen LogP contribution in [0.5, 0.6) is 0 Å². The van der Waals surface area contributed by atoms with Gasteiger partial charge in [-0.25, -0.2) is 9.97 Å². The van der Waals surface area contributed by atoms with Gasteiger partial charge in [0.15, 0.2) is 6.33 Å². The van der Waals surface area contributed by atoms with E-state index in [0.29, 0.717) is 0 Å². The first kappa shape index (κ1) is 4.96. The molecule has 0 fully saturated rings. The van der Waals surface area contributed by atoms with Crippen molar-refractivity contribution in [3.63, 3.8) is 0 Å². The number of hydrogen-bond acceptors (Lipinski definition) is 2. The third-order valence-electron chi connectivity index (χ3n) is 0.491. The van der Waals surface area contributed by atoms with Crippen LogP contribution >= 0.6 is 22.6 Å². The molecule has 0 aliphatic carbocycles. The van der Waals surface area contributed by atoms with Gasteiger partial charge >= 0.3 is 0 Å². The number of hydrogen-bond donors (Lipinski definition) is 0. The standard InChI is InChI=1S/C4H2IN2/c5-4-1-6-3-7-2-4/h1-2H. The molecule has 0 bridgehead atoms. The van der Waals surface area contributed by atoms with E-state index in [1.54, 1.807) is 12.4 Å². The Morgan fingerprint density at radius 1 is 1.43 bits per heavy atom. The Hall–Kier alpha value is -0.190. The first-order valence-electron chi connectivity index (χ1n) is 1.73. The topological polar surface area (TPSA) is 25.8 Å². The molecule has 3 heteroatoms. The quantitative estimate of drug-likeness (QED) is 0.587. The SMILES string of the molecule is Ic1cn[c]nc1. The number of nitrogens with zero attached hydrogens (tertiary/aromatic N) is 2. The Bertz CT molecular complexity index is 140. The van der Waals surface area contributed by atoms with Crippen LogP contribution in [-0.2, 0) is 0 Å². The summed E-state index contributed by atoms with van der Waals surface area (Å²) in [5.74, 6) is 0. The van der Waals surface area contributed by atoms with Crippen LogP contribution in [0.15, 0.2) is 12.4 Å². The van der Waals surface area contributed by atoms with Crippen molar-refractivity contribution in [1.29, 1.82) is 0 Å². The fourth-order valence-electron chi connectivity index (χ4n) is 0.248. The maximum Gasteiger partial charge on any atom is 0.197 e. The summed E-state index contributed by atoms with van der Waals surface area (Å²) in [5.41, 5.74) is 0. The van der Waals surface area contributed by atoms with Crippen LogP contribution in [0.25, 0.3) is 0 Å². The lowest BCUT2D eigenvalue weighted by molar-refractivity contribution is 1.13. The molecule has 1 heterocycles. The second-order valence-corrected chi connectivity index (χ2v) is 2.25. The van der Waals surface area contributed by atoms with Gasteiger partial charge in [0, 0.05) is 16.0 Å². The summed E-state index contributed by atoms with van der Waals surface area (Å²) in [6.45, 7) is 0. The fourth-order valence-corrected chi connectivity index (χ4v) is 0.526. The zero-order valence-corrected chi connectivity index (χ0v) is 5.58. The molecule has 0 aliphatic heterocycles. The van der Waals surface area contributed by atoms with E-state index in [4.69, 9.17) is 0 Å². The minimum atomic E-state index is 1.04. The van der Waals surface area contributed by atoms with Gasteiger partial charge in [0.25, 0.3) is 0 Å². The highest BCUT2D eigenvalue weighted by Crippen LogP contribution is 1.94. The molecule has 0 unspecified atom stereocenters. The maximum atomic E-state index is 3.64. The molecule has 0 atom stereocenters. The van der Waals surface area contributed by atoms with Gasteiger partial charge in [0.1, 0.15) is 0 Å². The van der Waals surface area contributed by atoms with E-state index in [1.807, 2.05) is 0 Å². The Kier molecular flexibility index (Phi) is 1.56.